The molecule has 4 N–H and O–H groups in total. The number of nitrogens with zero attached hydrogens (tertiary/aromatic N) is 4. The molecule has 1 saturated heterocycles. The van der Waals surface area contributed by atoms with E-state index < -0.39 is 10.8 Å². The van der Waals surface area contributed by atoms with Gasteiger partial charge in [-0.15, -0.1) is 0 Å². The average Bonchev–Trinajstić information content (AvgIpc) is 3.87. The quantitative estimate of drug-likeness (QED) is 0.200. The Kier molecular flexibility index (Phi) is 8.96. The Bertz CT molecular complexity index is 1930. The molecule has 12 heteroatoms. The zero-order valence-corrected chi connectivity index (χ0v) is 28.4. The van der Waals surface area contributed by atoms with E-state index >= 15 is 0 Å². The first kappa shape index (κ1) is 33.2. The molecule has 2 aromatic carbocycles. The highest BCUT2D eigenvalue weighted by Gasteiger charge is 2.51. The number of piperidine rings is 1. The summed E-state index contributed by atoms with van der Waals surface area (Å²) in [5.74, 6) is 0.0373. The van der Waals surface area contributed by atoms with Crippen molar-refractivity contribution in [3.8, 4) is 0 Å². The largest absolute Gasteiger partial charge is 0.337 e. The number of anilines is 2. The standard InChI is InChI=1S/C38H42N8O4/c1-3-37(13-17-45(18-14-37)34(48)31-12-16-41-44-31)36(50)46(23-27-8-5-4-7-26(27)22-39-2)24-32(47)42-29-11-10-25-20-38(21-28(25)19-29)30-9-6-15-40-33(30)43-35(38)49/h4-12,15-16,19,39H,3,13-14,17-18,20-24H2,1-2H3,(H,41,44)(H,42,47)(H,40,43,49)/t38-/m1/s1. The van der Waals surface area contributed by atoms with Gasteiger partial charge in [0.05, 0.1) is 10.8 Å². The number of aromatic amines is 1. The van der Waals surface area contributed by atoms with E-state index in [1.54, 1.807) is 28.3 Å². The molecule has 3 aliphatic rings. The first-order valence-corrected chi connectivity index (χ1v) is 17.2. The normalized spacial score (nSPS) is 18.8. The SMILES string of the molecule is CCC1(C(=O)N(CC(=O)Nc2ccc3c(c2)C[C@@]2(C3)C(=O)Nc3ncccc32)Cc2ccccc2CNC)CCN(C(=O)c2ccn[nH]2)CC1. The van der Waals surface area contributed by atoms with Gasteiger partial charge in [0.15, 0.2) is 0 Å². The van der Waals surface area contributed by atoms with Crippen LogP contribution in [0.1, 0.15) is 64.5 Å². The van der Waals surface area contributed by atoms with Crippen LogP contribution in [0.3, 0.4) is 0 Å². The molecule has 2 aromatic heterocycles. The molecule has 1 spiro atoms. The lowest BCUT2D eigenvalue weighted by molar-refractivity contribution is -0.147. The summed E-state index contributed by atoms with van der Waals surface area (Å²) in [6.07, 6.45) is 5.90. The second-order valence-corrected chi connectivity index (χ2v) is 13.7. The first-order chi connectivity index (χ1) is 24.2. The lowest BCUT2D eigenvalue weighted by atomic mass is 9.74. The fourth-order valence-corrected chi connectivity index (χ4v) is 7.94. The number of amides is 4. The maximum atomic E-state index is 14.6. The second-order valence-electron chi connectivity index (χ2n) is 13.7. The van der Waals surface area contributed by atoms with Gasteiger partial charge in [-0.3, -0.25) is 24.3 Å². The van der Waals surface area contributed by atoms with Crippen LogP contribution in [0.25, 0.3) is 0 Å². The first-order valence-electron chi connectivity index (χ1n) is 17.2. The molecule has 7 rings (SSSR count). The maximum Gasteiger partial charge on any atom is 0.271 e. The van der Waals surface area contributed by atoms with E-state index in [9.17, 15) is 19.2 Å². The summed E-state index contributed by atoms with van der Waals surface area (Å²) in [5.41, 5.74) is 4.63. The predicted molar refractivity (Wildman–Crippen MR) is 188 cm³/mol. The van der Waals surface area contributed by atoms with Gasteiger partial charge in [0.1, 0.15) is 18.1 Å². The van der Waals surface area contributed by atoms with Crippen LogP contribution in [0.4, 0.5) is 11.5 Å². The highest BCUT2D eigenvalue weighted by atomic mass is 16.2. The number of rotatable bonds is 10. The minimum atomic E-state index is -0.710. The zero-order chi connectivity index (χ0) is 34.9. The Morgan fingerprint density at radius 3 is 2.48 bits per heavy atom. The Hall–Kier alpha value is -5.36. The van der Waals surface area contributed by atoms with E-state index in [0.717, 1.165) is 27.8 Å². The number of likely N-dealkylation sites (tertiary alicyclic amines) is 1. The minimum Gasteiger partial charge on any atom is -0.337 e. The molecule has 4 amide bonds. The van der Waals surface area contributed by atoms with E-state index in [4.69, 9.17) is 0 Å². The third-order valence-electron chi connectivity index (χ3n) is 10.8. The van der Waals surface area contributed by atoms with Gasteiger partial charge in [-0.05, 0) is 85.7 Å². The Morgan fingerprint density at radius 1 is 0.960 bits per heavy atom. The Labute approximate surface area is 291 Å². The van der Waals surface area contributed by atoms with Crippen molar-refractivity contribution in [1.82, 2.24) is 30.3 Å². The monoisotopic (exact) mass is 674 g/mol. The Morgan fingerprint density at radius 2 is 1.74 bits per heavy atom. The van der Waals surface area contributed by atoms with Crippen molar-refractivity contribution in [3.63, 3.8) is 0 Å². The molecule has 12 nitrogen and oxygen atoms in total. The van der Waals surface area contributed by atoms with Gasteiger partial charge in [0.2, 0.25) is 17.7 Å². The lowest BCUT2D eigenvalue weighted by Gasteiger charge is -2.42. The van der Waals surface area contributed by atoms with Crippen molar-refractivity contribution < 1.29 is 19.2 Å². The summed E-state index contributed by atoms with van der Waals surface area (Å²) in [6, 6.07) is 19.2. The molecule has 0 saturated carbocycles. The van der Waals surface area contributed by atoms with Crippen molar-refractivity contribution in [2.75, 3.05) is 37.3 Å². The van der Waals surface area contributed by atoms with Crippen molar-refractivity contribution in [1.29, 1.82) is 0 Å². The van der Waals surface area contributed by atoms with Crippen molar-refractivity contribution in [2.24, 2.45) is 5.41 Å². The second kappa shape index (κ2) is 13.5. The molecule has 1 aliphatic carbocycles. The molecule has 1 atom stereocenters. The van der Waals surface area contributed by atoms with Gasteiger partial charge in [0, 0.05) is 49.8 Å². The highest BCUT2D eigenvalue weighted by Crippen LogP contribution is 2.47. The van der Waals surface area contributed by atoms with Gasteiger partial charge in [-0.1, -0.05) is 43.3 Å². The molecular formula is C38H42N8O4. The van der Waals surface area contributed by atoms with Crippen LogP contribution in [0.5, 0.6) is 0 Å². The smallest absolute Gasteiger partial charge is 0.271 e. The van der Waals surface area contributed by atoms with E-state index in [1.807, 2.05) is 68.6 Å². The number of aromatic nitrogens is 3. The van der Waals surface area contributed by atoms with Crippen LogP contribution in [0.2, 0.25) is 0 Å². The van der Waals surface area contributed by atoms with E-state index in [2.05, 4.69) is 31.1 Å². The number of hydrogen-bond acceptors (Lipinski definition) is 7. The van der Waals surface area contributed by atoms with Gasteiger partial charge >= 0.3 is 0 Å². The van der Waals surface area contributed by atoms with Crippen LogP contribution >= 0.6 is 0 Å². The van der Waals surface area contributed by atoms with Crippen LogP contribution in [0, 0.1) is 5.41 Å². The number of fused-ring (bicyclic) bond motifs is 3. The van der Waals surface area contributed by atoms with Crippen molar-refractivity contribution >= 4 is 35.1 Å². The summed E-state index contributed by atoms with van der Waals surface area (Å²) < 4.78 is 0. The topological polar surface area (TPSA) is 152 Å². The Balaban J connectivity index is 1.09. The summed E-state index contributed by atoms with van der Waals surface area (Å²) in [6.45, 7) is 3.65. The number of carbonyl (C=O) groups excluding carboxylic acids is 4. The minimum absolute atomic E-state index is 0.0537. The van der Waals surface area contributed by atoms with Crippen LogP contribution < -0.4 is 16.0 Å². The predicted octanol–water partition coefficient (Wildman–Crippen LogP) is 3.81. The van der Waals surface area contributed by atoms with E-state index in [1.165, 1.54) is 0 Å². The van der Waals surface area contributed by atoms with Crippen LogP contribution in [-0.4, -0.2) is 75.3 Å². The number of hydrogen-bond donors (Lipinski definition) is 4. The molecule has 0 radical (unpaired) electrons. The van der Waals surface area contributed by atoms with E-state index in [0.29, 0.717) is 68.9 Å². The highest BCUT2D eigenvalue weighted by molar-refractivity contribution is 6.06. The number of carbonyl (C=O) groups is 4. The number of H-pyrrole nitrogens is 1. The molecule has 258 valence electrons. The lowest BCUT2D eigenvalue weighted by Crippen LogP contribution is -2.52. The molecule has 2 aliphatic heterocycles. The molecule has 50 heavy (non-hydrogen) atoms. The van der Waals surface area contributed by atoms with Crippen LogP contribution in [-0.2, 0) is 45.7 Å². The summed E-state index contributed by atoms with van der Waals surface area (Å²) in [7, 11) is 1.88. The molecule has 0 bridgehead atoms. The summed E-state index contributed by atoms with van der Waals surface area (Å²) in [4.78, 5) is 62.4. The fraction of sp³-hybridized carbons (Fsp3) is 0.368. The summed E-state index contributed by atoms with van der Waals surface area (Å²) in [5, 5.41) is 15.8. The fourth-order valence-electron chi connectivity index (χ4n) is 7.94. The molecule has 1 fully saturated rings. The van der Waals surface area contributed by atoms with Gasteiger partial charge in [0.25, 0.3) is 5.91 Å². The molecule has 4 aromatic rings. The van der Waals surface area contributed by atoms with Crippen molar-refractivity contribution in [3.05, 3.63) is 107 Å². The van der Waals surface area contributed by atoms with Gasteiger partial charge in [-0.2, -0.15) is 5.10 Å². The zero-order valence-electron chi connectivity index (χ0n) is 28.4. The van der Waals surface area contributed by atoms with Crippen molar-refractivity contribution in [2.45, 2.75) is 57.5 Å². The number of pyridine rings is 1. The third kappa shape index (κ3) is 6.04. The van der Waals surface area contributed by atoms with Gasteiger partial charge < -0.3 is 25.8 Å². The number of nitrogens with one attached hydrogen (secondary N) is 4. The van der Waals surface area contributed by atoms with Gasteiger partial charge in [-0.25, -0.2) is 4.98 Å². The average molecular weight is 675 g/mol. The summed E-state index contributed by atoms with van der Waals surface area (Å²) >= 11 is 0. The maximum absolute atomic E-state index is 14.6. The molecule has 0 unspecified atom stereocenters. The van der Waals surface area contributed by atoms with E-state index in [-0.39, 0.29) is 36.7 Å². The van der Waals surface area contributed by atoms with Crippen LogP contribution in [0.15, 0.2) is 73.1 Å². The molecule has 4 heterocycles. The number of benzene rings is 2. The third-order valence-corrected chi connectivity index (χ3v) is 10.8. The molecular weight excluding hydrogens is 632 g/mol.